The number of hydrogen-bond acceptors (Lipinski definition) is 4. The van der Waals surface area contributed by atoms with E-state index in [1.807, 2.05) is 37.3 Å². The Balaban J connectivity index is 0.00000450. The molecule has 1 unspecified atom stereocenters. The third-order valence-electron chi connectivity index (χ3n) is 4.21. The Morgan fingerprint density at radius 3 is 2.53 bits per heavy atom. The Bertz CT molecular complexity index is 924. The Labute approximate surface area is 200 Å². The smallest absolute Gasteiger partial charge is 0.240 e. The zero-order valence-corrected chi connectivity index (χ0v) is 21.1. The number of sulfonamides is 1. The molecule has 0 aliphatic rings. The SMILES string of the molecule is CN=C(NCc1cccc(S(=O)(=O)NCCOC)c1)NC(C)c1ccc(Cl)cc1.I. The van der Waals surface area contributed by atoms with Gasteiger partial charge in [0, 0.05) is 32.3 Å². The summed E-state index contributed by atoms with van der Waals surface area (Å²) < 4.78 is 32.1. The van der Waals surface area contributed by atoms with E-state index in [0.29, 0.717) is 24.1 Å². The number of hydrogen-bond donors (Lipinski definition) is 3. The van der Waals surface area contributed by atoms with Gasteiger partial charge in [-0.15, -0.1) is 24.0 Å². The molecule has 30 heavy (non-hydrogen) atoms. The fourth-order valence-corrected chi connectivity index (χ4v) is 3.81. The predicted molar refractivity (Wildman–Crippen MR) is 132 cm³/mol. The molecule has 0 fully saturated rings. The maximum absolute atomic E-state index is 12.3. The minimum absolute atomic E-state index is 0. The van der Waals surface area contributed by atoms with E-state index < -0.39 is 10.0 Å². The van der Waals surface area contributed by atoms with Crippen molar-refractivity contribution >= 4 is 51.6 Å². The lowest BCUT2D eigenvalue weighted by molar-refractivity contribution is 0.204. The molecule has 0 bridgehead atoms. The molecule has 0 aromatic heterocycles. The molecule has 0 amide bonds. The highest BCUT2D eigenvalue weighted by Gasteiger charge is 2.14. The van der Waals surface area contributed by atoms with Gasteiger partial charge in [-0.05, 0) is 42.3 Å². The Kier molecular flexibility index (Phi) is 11.6. The first-order valence-corrected chi connectivity index (χ1v) is 11.0. The molecule has 2 rings (SSSR count). The van der Waals surface area contributed by atoms with E-state index in [2.05, 4.69) is 20.3 Å². The molecule has 0 radical (unpaired) electrons. The summed E-state index contributed by atoms with van der Waals surface area (Å²) in [4.78, 5) is 4.44. The van der Waals surface area contributed by atoms with Crippen LogP contribution in [-0.2, 0) is 21.3 Å². The molecule has 166 valence electrons. The van der Waals surface area contributed by atoms with Gasteiger partial charge in [-0.1, -0.05) is 35.9 Å². The Morgan fingerprint density at radius 2 is 1.90 bits per heavy atom. The van der Waals surface area contributed by atoms with Crippen LogP contribution in [-0.4, -0.2) is 41.7 Å². The minimum Gasteiger partial charge on any atom is -0.383 e. The van der Waals surface area contributed by atoms with Crippen LogP contribution >= 0.6 is 35.6 Å². The topological polar surface area (TPSA) is 91.8 Å². The van der Waals surface area contributed by atoms with Crippen LogP contribution in [0.1, 0.15) is 24.1 Å². The van der Waals surface area contributed by atoms with Crippen molar-refractivity contribution < 1.29 is 13.2 Å². The van der Waals surface area contributed by atoms with Crippen molar-refractivity contribution in [3.63, 3.8) is 0 Å². The summed E-state index contributed by atoms with van der Waals surface area (Å²) in [5.74, 6) is 0.610. The molecule has 0 heterocycles. The standard InChI is InChI=1S/C20H27ClN4O3S.HI/c1-15(17-7-9-18(21)10-8-17)25-20(22-2)23-14-16-5-4-6-19(13-16)29(26,27)24-11-12-28-3;/h4-10,13,15,24H,11-12,14H2,1-3H3,(H2,22,23,25);1H. The van der Waals surface area contributed by atoms with E-state index >= 15 is 0 Å². The lowest BCUT2D eigenvalue weighted by atomic mass is 10.1. The zero-order valence-electron chi connectivity index (χ0n) is 17.2. The second kappa shape index (κ2) is 13.1. The molecular formula is C20H28ClIN4O3S. The van der Waals surface area contributed by atoms with Crippen LogP contribution in [0.4, 0.5) is 0 Å². The molecule has 3 N–H and O–H groups in total. The fraction of sp³-hybridized carbons (Fsp3) is 0.350. The molecule has 0 saturated carbocycles. The highest BCUT2D eigenvalue weighted by Crippen LogP contribution is 2.16. The van der Waals surface area contributed by atoms with Crippen LogP contribution in [0.25, 0.3) is 0 Å². The van der Waals surface area contributed by atoms with Gasteiger partial charge in [-0.3, -0.25) is 4.99 Å². The van der Waals surface area contributed by atoms with Gasteiger partial charge in [-0.2, -0.15) is 0 Å². The molecule has 1 atom stereocenters. The van der Waals surface area contributed by atoms with E-state index in [1.54, 1.807) is 25.2 Å². The van der Waals surface area contributed by atoms with Gasteiger partial charge in [0.2, 0.25) is 10.0 Å². The first-order valence-electron chi connectivity index (χ1n) is 9.16. The summed E-state index contributed by atoms with van der Waals surface area (Å²) in [5, 5.41) is 7.20. The molecule has 0 aliphatic heterocycles. The lowest BCUT2D eigenvalue weighted by Crippen LogP contribution is -2.38. The van der Waals surface area contributed by atoms with E-state index in [1.165, 1.54) is 7.11 Å². The van der Waals surface area contributed by atoms with Crippen LogP contribution in [0.3, 0.4) is 0 Å². The molecule has 0 spiro atoms. The van der Waals surface area contributed by atoms with Crippen molar-refractivity contribution in [3.05, 3.63) is 64.7 Å². The highest BCUT2D eigenvalue weighted by molar-refractivity contribution is 14.0. The number of nitrogens with one attached hydrogen (secondary N) is 3. The molecule has 2 aromatic rings. The van der Waals surface area contributed by atoms with Crippen LogP contribution in [0.2, 0.25) is 5.02 Å². The zero-order chi connectivity index (χ0) is 21.3. The second-order valence-corrected chi connectivity index (χ2v) is 8.58. The van der Waals surface area contributed by atoms with Crippen molar-refractivity contribution in [2.45, 2.75) is 24.4 Å². The van der Waals surface area contributed by atoms with Crippen LogP contribution in [0, 0.1) is 0 Å². The van der Waals surface area contributed by atoms with Gasteiger partial charge >= 0.3 is 0 Å². The Hall–Kier alpha value is -1.40. The number of aliphatic imine (C=N–C) groups is 1. The van der Waals surface area contributed by atoms with E-state index in [-0.39, 0.29) is 41.5 Å². The van der Waals surface area contributed by atoms with Crippen molar-refractivity contribution in [1.29, 1.82) is 0 Å². The molecule has 0 aliphatic carbocycles. The van der Waals surface area contributed by atoms with Gasteiger partial charge < -0.3 is 15.4 Å². The monoisotopic (exact) mass is 566 g/mol. The third kappa shape index (κ3) is 8.38. The van der Waals surface area contributed by atoms with E-state index in [4.69, 9.17) is 16.3 Å². The summed E-state index contributed by atoms with van der Waals surface area (Å²) in [7, 11) is -0.364. The van der Waals surface area contributed by atoms with Crippen LogP contribution in [0.5, 0.6) is 0 Å². The maximum atomic E-state index is 12.3. The van der Waals surface area contributed by atoms with Crippen molar-refractivity contribution in [1.82, 2.24) is 15.4 Å². The lowest BCUT2D eigenvalue weighted by Gasteiger charge is -2.18. The number of halogens is 2. The first-order chi connectivity index (χ1) is 13.9. The number of rotatable bonds is 9. The molecular weight excluding hydrogens is 539 g/mol. The van der Waals surface area contributed by atoms with Crippen molar-refractivity contribution in [3.8, 4) is 0 Å². The van der Waals surface area contributed by atoms with Crippen LogP contribution in [0.15, 0.2) is 58.4 Å². The third-order valence-corrected chi connectivity index (χ3v) is 5.92. The van der Waals surface area contributed by atoms with Gasteiger partial charge in [0.05, 0.1) is 17.5 Å². The van der Waals surface area contributed by atoms with E-state index in [9.17, 15) is 8.42 Å². The minimum atomic E-state index is -3.57. The van der Waals surface area contributed by atoms with Gasteiger partial charge in [-0.25, -0.2) is 13.1 Å². The number of nitrogens with zero attached hydrogens (tertiary/aromatic N) is 1. The molecule has 0 saturated heterocycles. The highest BCUT2D eigenvalue weighted by atomic mass is 127. The van der Waals surface area contributed by atoms with Crippen molar-refractivity contribution in [2.24, 2.45) is 4.99 Å². The van der Waals surface area contributed by atoms with E-state index in [0.717, 1.165) is 11.1 Å². The summed E-state index contributed by atoms with van der Waals surface area (Å²) in [6, 6.07) is 14.4. The normalized spacial score (nSPS) is 12.7. The van der Waals surface area contributed by atoms with Crippen LogP contribution < -0.4 is 15.4 Å². The van der Waals surface area contributed by atoms with Gasteiger partial charge in [0.1, 0.15) is 0 Å². The first kappa shape index (κ1) is 26.6. The summed E-state index contributed by atoms with van der Waals surface area (Å²) >= 11 is 5.94. The Morgan fingerprint density at radius 1 is 1.20 bits per heavy atom. The quantitative estimate of drug-likeness (QED) is 0.188. The number of benzene rings is 2. The predicted octanol–water partition coefficient (Wildman–Crippen LogP) is 3.31. The summed E-state index contributed by atoms with van der Waals surface area (Å²) in [5.41, 5.74) is 1.90. The van der Waals surface area contributed by atoms with Gasteiger partial charge in [0.25, 0.3) is 0 Å². The molecule has 10 heteroatoms. The van der Waals surface area contributed by atoms with Crippen molar-refractivity contribution in [2.75, 3.05) is 27.3 Å². The fourth-order valence-electron chi connectivity index (χ4n) is 2.60. The maximum Gasteiger partial charge on any atom is 0.240 e. The second-order valence-electron chi connectivity index (χ2n) is 6.38. The number of ether oxygens (including phenoxy) is 1. The molecule has 7 nitrogen and oxygen atoms in total. The number of methoxy groups -OCH3 is 1. The summed E-state index contributed by atoms with van der Waals surface area (Å²) in [6.45, 7) is 2.98. The molecule has 2 aromatic carbocycles. The average molecular weight is 567 g/mol. The average Bonchev–Trinajstić information content (AvgIpc) is 2.71. The number of guanidine groups is 1. The van der Waals surface area contributed by atoms with Gasteiger partial charge in [0.15, 0.2) is 5.96 Å². The largest absolute Gasteiger partial charge is 0.383 e. The summed E-state index contributed by atoms with van der Waals surface area (Å²) in [6.07, 6.45) is 0.